The Morgan fingerprint density at radius 2 is 1.55 bits per heavy atom. The number of anilines is 1. The van der Waals surface area contributed by atoms with Crippen LogP contribution in [0.1, 0.15) is 18.4 Å². The third-order valence-corrected chi connectivity index (χ3v) is 5.15. The van der Waals surface area contributed by atoms with Crippen molar-refractivity contribution in [1.82, 2.24) is 14.9 Å². The Bertz CT molecular complexity index is 970. The SMILES string of the molecule is [C-]#[N+]c1ccc(-c2ccc(OC3CCN(Cc4cnc(N)nc4)CC3)cc2)cc1. The molecular formula is C23H23N5O. The van der Waals surface area contributed by atoms with Crippen LogP contribution >= 0.6 is 0 Å². The van der Waals surface area contributed by atoms with Gasteiger partial charge in [-0.2, -0.15) is 0 Å². The summed E-state index contributed by atoms with van der Waals surface area (Å²) in [7, 11) is 0. The summed E-state index contributed by atoms with van der Waals surface area (Å²) in [6.07, 6.45) is 5.81. The number of rotatable bonds is 5. The van der Waals surface area contributed by atoms with Gasteiger partial charge in [0.05, 0.1) is 6.57 Å². The monoisotopic (exact) mass is 385 g/mol. The number of nitrogens with two attached hydrogens (primary N) is 1. The summed E-state index contributed by atoms with van der Waals surface area (Å²) in [5, 5.41) is 0. The van der Waals surface area contributed by atoms with Crippen LogP contribution < -0.4 is 10.5 Å². The van der Waals surface area contributed by atoms with Gasteiger partial charge in [-0.3, -0.25) is 4.90 Å². The highest BCUT2D eigenvalue weighted by atomic mass is 16.5. The summed E-state index contributed by atoms with van der Waals surface area (Å²) in [6.45, 7) is 9.86. The zero-order valence-corrected chi connectivity index (χ0v) is 16.2. The highest BCUT2D eigenvalue weighted by molar-refractivity contribution is 5.66. The molecule has 0 radical (unpaired) electrons. The highest BCUT2D eigenvalue weighted by Crippen LogP contribution is 2.26. The number of nitrogen functional groups attached to an aromatic ring is 1. The molecule has 2 heterocycles. The number of benzene rings is 2. The van der Waals surface area contributed by atoms with E-state index in [9.17, 15) is 0 Å². The molecule has 3 aromatic rings. The Morgan fingerprint density at radius 1 is 0.966 bits per heavy atom. The van der Waals surface area contributed by atoms with Gasteiger partial charge in [-0.15, -0.1) is 0 Å². The predicted octanol–water partition coefficient (Wildman–Crippen LogP) is 4.32. The molecule has 2 N–H and O–H groups in total. The number of likely N-dealkylation sites (tertiary alicyclic amines) is 1. The average molecular weight is 385 g/mol. The van der Waals surface area contributed by atoms with Gasteiger partial charge in [0.1, 0.15) is 11.9 Å². The first-order valence-electron chi connectivity index (χ1n) is 9.73. The minimum Gasteiger partial charge on any atom is -0.490 e. The van der Waals surface area contributed by atoms with Crippen molar-refractivity contribution in [2.75, 3.05) is 18.8 Å². The smallest absolute Gasteiger partial charge is 0.219 e. The summed E-state index contributed by atoms with van der Waals surface area (Å²) >= 11 is 0. The van der Waals surface area contributed by atoms with E-state index in [0.717, 1.165) is 54.9 Å². The largest absolute Gasteiger partial charge is 0.490 e. The Kier molecular flexibility index (Phi) is 5.68. The third-order valence-electron chi connectivity index (χ3n) is 5.15. The second-order valence-electron chi connectivity index (χ2n) is 7.23. The van der Waals surface area contributed by atoms with Crippen LogP contribution in [0, 0.1) is 6.57 Å². The molecule has 0 unspecified atom stereocenters. The number of hydrogen-bond acceptors (Lipinski definition) is 5. The molecule has 1 saturated heterocycles. The van der Waals surface area contributed by atoms with Crippen LogP contribution in [0.15, 0.2) is 60.9 Å². The number of piperidine rings is 1. The maximum absolute atomic E-state index is 7.04. The van der Waals surface area contributed by atoms with Crippen molar-refractivity contribution < 1.29 is 4.74 Å². The van der Waals surface area contributed by atoms with Crippen molar-refractivity contribution in [1.29, 1.82) is 0 Å². The van der Waals surface area contributed by atoms with Crippen LogP contribution in [0.5, 0.6) is 5.75 Å². The molecule has 0 aliphatic carbocycles. The first-order chi connectivity index (χ1) is 14.2. The lowest BCUT2D eigenvalue weighted by molar-refractivity contribution is 0.0967. The van der Waals surface area contributed by atoms with Gasteiger partial charge < -0.3 is 10.5 Å². The molecule has 1 aliphatic rings. The second-order valence-corrected chi connectivity index (χ2v) is 7.23. The van der Waals surface area contributed by atoms with Crippen molar-refractivity contribution in [3.05, 3.63) is 77.9 Å². The Balaban J connectivity index is 1.29. The molecule has 1 aliphatic heterocycles. The van der Waals surface area contributed by atoms with E-state index in [4.69, 9.17) is 17.0 Å². The molecule has 6 nitrogen and oxygen atoms in total. The lowest BCUT2D eigenvalue weighted by atomic mass is 10.0. The van der Waals surface area contributed by atoms with Gasteiger partial charge in [-0.25, -0.2) is 14.8 Å². The molecule has 0 amide bonds. The Labute approximate surface area is 170 Å². The molecule has 4 rings (SSSR count). The first-order valence-corrected chi connectivity index (χ1v) is 9.73. The first kappa shape index (κ1) is 18.9. The van der Waals surface area contributed by atoms with E-state index in [2.05, 4.69) is 31.8 Å². The highest BCUT2D eigenvalue weighted by Gasteiger charge is 2.20. The van der Waals surface area contributed by atoms with E-state index in [-0.39, 0.29) is 6.10 Å². The van der Waals surface area contributed by atoms with Gasteiger partial charge in [0, 0.05) is 37.6 Å². The Morgan fingerprint density at radius 3 is 2.14 bits per heavy atom. The number of aromatic nitrogens is 2. The topological polar surface area (TPSA) is 68.6 Å². The van der Waals surface area contributed by atoms with Gasteiger partial charge in [0.25, 0.3) is 0 Å². The van der Waals surface area contributed by atoms with Crippen LogP contribution in [0.3, 0.4) is 0 Å². The van der Waals surface area contributed by atoms with Gasteiger partial charge in [-0.05, 0) is 36.1 Å². The maximum atomic E-state index is 7.04. The van der Waals surface area contributed by atoms with E-state index < -0.39 is 0 Å². The maximum Gasteiger partial charge on any atom is 0.219 e. The Hall–Kier alpha value is -3.43. The van der Waals surface area contributed by atoms with E-state index in [0.29, 0.717) is 11.6 Å². The molecule has 6 heteroatoms. The van der Waals surface area contributed by atoms with Gasteiger partial charge in [0.15, 0.2) is 5.69 Å². The molecule has 0 saturated carbocycles. The molecular weight excluding hydrogens is 362 g/mol. The molecule has 1 aromatic heterocycles. The summed E-state index contributed by atoms with van der Waals surface area (Å²) in [4.78, 5) is 13.9. The molecule has 146 valence electrons. The molecule has 0 atom stereocenters. The normalized spacial score (nSPS) is 15.0. The lowest BCUT2D eigenvalue weighted by Crippen LogP contribution is -2.37. The minimum absolute atomic E-state index is 0.234. The van der Waals surface area contributed by atoms with Crippen molar-refractivity contribution in [3.63, 3.8) is 0 Å². The number of hydrogen-bond donors (Lipinski definition) is 1. The number of ether oxygens (including phenoxy) is 1. The van der Waals surface area contributed by atoms with Gasteiger partial charge in [-0.1, -0.05) is 36.4 Å². The fraction of sp³-hybridized carbons (Fsp3) is 0.261. The zero-order chi connectivity index (χ0) is 20.1. The van der Waals surface area contributed by atoms with Crippen molar-refractivity contribution in [3.8, 4) is 16.9 Å². The van der Waals surface area contributed by atoms with Crippen LogP contribution in [0.2, 0.25) is 0 Å². The lowest BCUT2D eigenvalue weighted by Gasteiger charge is -2.32. The molecule has 0 spiro atoms. The van der Waals surface area contributed by atoms with E-state index in [1.54, 1.807) is 12.4 Å². The minimum atomic E-state index is 0.234. The predicted molar refractivity (Wildman–Crippen MR) is 114 cm³/mol. The van der Waals surface area contributed by atoms with Crippen LogP contribution in [-0.4, -0.2) is 34.1 Å². The van der Waals surface area contributed by atoms with Crippen LogP contribution in [0.4, 0.5) is 11.6 Å². The quantitative estimate of drug-likeness (QED) is 0.663. The van der Waals surface area contributed by atoms with E-state index in [1.165, 1.54) is 0 Å². The van der Waals surface area contributed by atoms with Crippen molar-refractivity contribution >= 4 is 11.6 Å². The summed E-state index contributed by atoms with van der Waals surface area (Å²) in [6, 6.07) is 15.8. The molecule has 2 aromatic carbocycles. The molecule has 1 fully saturated rings. The second kappa shape index (κ2) is 8.72. The number of nitrogens with zero attached hydrogens (tertiary/aromatic N) is 4. The molecule has 29 heavy (non-hydrogen) atoms. The average Bonchev–Trinajstić information content (AvgIpc) is 2.77. The summed E-state index contributed by atoms with van der Waals surface area (Å²) in [5.74, 6) is 1.21. The van der Waals surface area contributed by atoms with E-state index >= 15 is 0 Å². The summed E-state index contributed by atoms with van der Waals surface area (Å²) in [5.41, 5.74) is 9.50. The van der Waals surface area contributed by atoms with Gasteiger partial charge in [0.2, 0.25) is 5.95 Å². The molecule has 0 bridgehead atoms. The standard InChI is InChI=1S/C23H23N5O/c1-25-20-6-2-18(3-7-20)19-4-8-21(9-5-19)29-22-10-12-28(13-11-22)16-17-14-26-23(24)27-15-17/h2-9,14-15,22H,10-13,16H2,(H2,24,26,27). The third kappa shape index (κ3) is 4.89. The zero-order valence-electron chi connectivity index (χ0n) is 16.2. The van der Waals surface area contributed by atoms with E-state index in [1.807, 2.05) is 36.4 Å². The summed E-state index contributed by atoms with van der Waals surface area (Å²) < 4.78 is 6.19. The fourth-order valence-corrected chi connectivity index (χ4v) is 3.54. The van der Waals surface area contributed by atoms with Crippen molar-refractivity contribution in [2.45, 2.75) is 25.5 Å². The van der Waals surface area contributed by atoms with Crippen molar-refractivity contribution in [2.24, 2.45) is 0 Å². The van der Waals surface area contributed by atoms with Crippen LogP contribution in [0.25, 0.3) is 16.0 Å². The van der Waals surface area contributed by atoms with Gasteiger partial charge >= 0.3 is 0 Å². The fourth-order valence-electron chi connectivity index (χ4n) is 3.54. The van der Waals surface area contributed by atoms with Crippen LogP contribution in [-0.2, 0) is 6.54 Å².